The van der Waals surface area contributed by atoms with E-state index in [-0.39, 0.29) is 0 Å². The summed E-state index contributed by atoms with van der Waals surface area (Å²) in [4.78, 5) is 2.22. The molecule has 3 heteroatoms. The van der Waals surface area contributed by atoms with E-state index in [2.05, 4.69) is 19.0 Å². The van der Waals surface area contributed by atoms with Crippen molar-refractivity contribution in [2.24, 2.45) is 0 Å². The molecule has 0 saturated heterocycles. The lowest BCUT2D eigenvalue weighted by Gasteiger charge is -2.21. The van der Waals surface area contributed by atoms with Crippen molar-refractivity contribution in [3.05, 3.63) is 28.3 Å². The number of ether oxygens (including phenoxy) is 1. The maximum Gasteiger partial charge on any atom is 0.122 e. The van der Waals surface area contributed by atoms with E-state index >= 15 is 0 Å². The highest BCUT2D eigenvalue weighted by Crippen LogP contribution is 2.43. The van der Waals surface area contributed by atoms with Gasteiger partial charge in [-0.2, -0.15) is 0 Å². The standard InChI is InChI=1S/C12H16ClNO/c1-14(2)10-6-4-8-11(15-3)7-5-9(13)12(8)10/h5,7,10H,4,6H2,1-3H3. The molecule has 0 spiro atoms. The van der Waals surface area contributed by atoms with Gasteiger partial charge in [-0.1, -0.05) is 11.6 Å². The van der Waals surface area contributed by atoms with E-state index in [1.807, 2.05) is 12.1 Å². The fourth-order valence-corrected chi connectivity index (χ4v) is 2.67. The smallest absolute Gasteiger partial charge is 0.122 e. The zero-order valence-electron chi connectivity index (χ0n) is 9.38. The lowest BCUT2D eigenvalue weighted by atomic mass is 10.1. The van der Waals surface area contributed by atoms with Gasteiger partial charge in [-0.25, -0.2) is 0 Å². The molecule has 0 aliphatic heterocycles. The number of hydrogen-bond donors (Lipinski definition) is 0. The Morgan fingerprint density at radius 2 is 2.13 bits per heavy atom. The fourth-order valence-electron chi connectivity index (χ4n) is 2.37. The van der Waals surface area contributed by atoms with Crippen molar-refractivity contribution in [3.63, 3.8) is 0 Å². The molecule has 0 amide bonds. The van der Waals surface area contributed by atoms with Crippen LogP contribution in [0.25, 0.3) is 0 Å². The van der Waals surface area contributed by atoms with Gasteiger partial charge in [-0.05, 0) is 44.6 Å². The largest absolute Gasteiger partial charge is 0.496 e. The maximum absolute atomic E-state index is 6.26. The first-order valence-corrected chi connectivity index (χ1v) is 5.54. The minimum Gasteiger partial charge on any atom is -0.496 e. The first-order chi connectivity index (χ1) is 7.15. The average molecular weight is 226 g/mol. The Balaban J connectivity index is 2.51. The zero-order chi connectivity index (χ0) is 11.0. The van der Waals surface area contributed by atoms with E-state index < -0.39 is 0 Å². The lowest BCUT2D eigenvalue weighted by molar-refractivity contribution is 0.299. The summed E-state index contributed by atoms with van der Waals surface area (Å²) in [6.45, 7) is 0. The van der Waals surface area contributed by atoms with Crippen LogP contribution in [0, 0.1) is 0 Å². The van der Waals surface area contributed by atoms with Gasteiger partial charge in [-0.3, -0.25) is 0 Å². The number of hydrogen-bond acceptors (Lipinski definition) is 2. The summed E-state index contributed by atoms with van der Waals surface area (Å²) in [7, 11) is 5.90. The summed E-state index contributed by atoms with van der Waals surface area (Å²) in [5, 5.41) is 0.863. The third-order valence-electron chi connectivity index (χ3n) is 3.11. The first kappa shape index (κ1) is 10.8. The van der Waals surface area contributed by atoms with Crippen LogP contribution < -0.4 is 4.74 Å². The van der Waals surface area contributed by atoms with Crippen LogP contribution in [0.15, 0.2) is 12.1 Å². The van der Waals surface area contributed by atoms with Gasteiger partial charge in [0.05, 0.1) is 7.11 Å². The Morgan fingerprint density at radius 3 is 2.73 bits per heavy atom. The normalized spacial score (nSPS) is 19.4. The molecular weight excluding hydrogens is 210 g/mol. The van der Waals surface area contributed by atoms with E-state index in [0.717, 1.165) is 23.6 Å². The van der Waals surface area contributed by atoms with E-state index in [4.69, 9.17) is 16.3 Å². The quantitative estimate of drug-likeness (QED) is 0.768. The average Bonchev–Trinajstić information content (AvgIpc) is 2.63. The number of nitrogens with zero attached hydrogens (tertiary/aromatic N) is 1. The minimum absolute atomic E-state index is 0.433. The summed E-state index contributed by atoms with van der Waals surface area (Å²) in [6, 6.07) is 4.32. The Labute approximate surface area is 95.8 Å². The molecule has 1 aromatic rings. The molecule has 0 radical (unpaired) electrons. The van der Waals surface area contributed by atoms with Crippen LogP contribution in [0.2, 0.25) is 5.02 Å². The van der Waals surface area contributed by atoms with Crippen LogP contribution in [0.4, 0.5) is 0 Å². The zero-order valence-corrected chi connectivity index (χ0v) is 10.1. The van der Waals surface area contributed by atoms with E-state index in [0.29, 0.717) is 6.04 Å². The van der Waals surface area contributed by atoms with Gasteiger partial charge in [0.25, 0.3) is 0 Å². The number of fused-ring (bicyclic) bond motifs is 1. The van der Waals surface area contributed by atoms with Crippen LogP contribution >= 0.6 is 11.6 Å². The second-order valence-electron chi connectivity index (χ2n) is 4.16. The Morgan fingerprint density at radius 1 is 1.40 bits per heavy atom. The van der Waals surface area contributed by atoms with Crippen LogP contribution in [0.1, 0.15) is 23.6 Å². The molecule has 0 aromatic heterocycles. The van der Waals surface area contributed by atoms with Gasteiger partial charge in [-0.15, -0.1) is 0 Å². The molecule has 82 valence electrons. The van der Waals surface area contributed by atoms with Gasteiger partial charge in [0.2, 0.25) is 0 Å². The molecule has 2 rings (SSSR count). The van der Waals surface area contributed by atoms with Gasteiger partial charge in [0.15, 0.2) is 0 Å². The molecule has 0 fully saturated rings. The van der Waals surface area contributed by atoms with Gasteiger partial charge >= 0.3 is 0 Å². The number of rotatable bonds is 2. The summed E-state index contributed by atoms with van der Waals surface area (Å²) in [5.74, 6) is 0.971. The first-order valence-electron chi connectivity index (χ1n) is 5.17. The highest BCUT2D eigenvalue weighted by molar-refractivity contribution is 6.31. The topological polar surface area (TPSA) is 12.5 Å². The van der Waals surface area contributed by atoms with Crippen LogP contribution in [0.3, 0.4) is 0 Å². The van der Waals surface area contributed by atoms with Gasteiger partial charge < -0.3 is 9.64 Å². The van der Waals surface area contributed by atoms with Crippen LogP contribution in [0.5, 0.6) is 5.75 Å². The van der Waals surface area contributed by atoms with Crippen LogP contribution in [-0.2, 0) is 6.42 Å². The summed E-state index contributed by atoms with van der Waals surface area (Å²) in [5.41, 5.74) is 2.53. The second kappa shape index (κ2) is 4.03. The summed E-state index contributed by atoms with van der Waals surface area (Å²) in [6.07, 6.45) is 2.18. The van der Waals surface area contributed by atoms with Crippen molar-refractivity contribution in [1.29, 1.82) is 0 Å². The Kier molecular flexibility index (Phi) is 2.89. The van der Waals surface area contributed by atoms with Gasteiger partial charge in [0, 0.05) is 16.6 Å². The predicted molar refractivity (Wildman–Crippen MR) is 62.8 cm³/mol. The van der Waals surface area contributed by atoms with Crippen molar-refractivity contribution in [1.82, 2.24) is 4.90 Å². The van der Waals surface area contributed by atoms with E-state index in [1.54, 1.807) is 7.11 Å². The fraction of sp³-hybridized carbons (Fsp3) is 0.500. The second-order valence-corrected chi connectivity index (χ2v) is 4.57. The van der Waals surface area contributed by atoms with Crippen molar-refractivity contribution >= 4 is 11.6 Å². The molecule has 1 aliphatic carbocycles. The summed E-state index contributed by atoms with van der Waals surface area (Å²) < 4.78 is 5.36. The predicted octanol–water partition coefficient (Wildman–Crippen LogP) is 2.90. The molecule has 1 aromatic carbocycles. The van der Waals surface area contributed by atoms with Gasteiger partial charge in [0.1, 0.15) is 5.75 Å². The number of benzene rings is 1. The Bertz CT molecular complexity index is 376. The molecule has 1 aliphatic rings. The highest BCUT2D eigenvalue weighted by atomic mass is 35.5. The number of halogens is 1. The molecule has 2 nitrogen and oxygen atoms in total. The molecule has 1 unspecified atom stereocenters. The third kappa shape index (κ3) is 1.72. The third-order valence-corrected chi connectivity index (χ3v) is 3.43. The minimum atomic E-state index is 0.433. The molecule has 0 N–H and O–H groups in total. The maximum atomic E-state index is 6.26. The van der Waals surface area contributed by atoms with E-state index in [9.17, 15) is 0 Å². The summed E-state index contributed by atoms with van der Waals surface area (Å²) >= 11 is 6.26. The Hall–Kier alpha value is -0.730. The lowest BCUT2D eigenvalue weighted by Crippen LogP contribution is -2.17. The monoisotopic (exact) mass is 225 g/mol. The van der Waals surface area contributed by atoms with Crippen molar-refractivity contribution in [2.75, 3.05) is 21.2 Å². The molecule has 1 atom stereocenters. The molecule has 0 saturated carbocycles. The highest BCUT2D eigenvalue weighted by Gasteiger charge is 2.28. The molecular formula is C12H16ClNO. The number of methoxy groups -OCH3 is 1. The molecule has 15 heavy (non-hydrogen) atoms. The van der Waals surface area contributed by atoms with Crippen LogP contribution in [-0.4, -0.2) is 26.1 Å². The SMILES string of the molecule is COc1ccc(Cl)c2c1CCC2N(C)C. The van der Waals surface area contributed by atoms with E-state index in [1.165, 1.54) is 11.1 Å². The van der Waals surface area contributed by atoms with Crippen molar-refractivity contribution in [3.8, 4) is 5.75 Å². The molecule has 0 heterocycles. The van der Waals surface area contributed by atoms with Crippen molar-refractivity contribution < 1.29 is 4.74 Å². The van der Waals surface area contributed by atoms with Crippen molar-refractivity contribution in [2.45, 2.75) is 18.9 Å². The molecule has 0 bridgehead atoms.